The number of methoxy groups -OCH3 is 1. The highest BCUT2D eigenvalue weighted by atomic mass is 16.8. The van der Waals surface area contributed by atoms with Gasteiger partial charge in [0, 0.05) is 51.0 Å². The summed E-state index contributed by atoms with van der Waals surface area (Å²) in [6.45, 7) is 7.30. The van der Waals surface area contributed by atoms with Crippen molar-refractivity contribution < 1.29 is 48.3 Å². The summed E-state index contributed by atoms with van der Waals surface area (Å²) in [5.74, 6) is 0.373. The van der Waals surface area contributed by atoms with Gasteiger partial charge < -0.3 is 43.6 Å². The van der Waals surface area contributed by atoms with Crippen LogP contribution in [-0.2, 0) is 19.1 Å². The van der Waals surface area contributed by atoms with E-state index in [2.05, 4.69) is 19.6 Å². The van der Waals surface area contributed by atoms with Gasteiger partial charge in [-0.25, -0.2) is 0 Å². The van der Waals surface area contributed by atoms with Crippen LogP contribution in [0.4, 0.5) is 0 Å². The fourth-order valence-electron chi connectivity index (χ4n) is 10.6. The molecule has 65 heavy (non-hydrogen) atoms. The first-order valence-corrected chi connectivity index (χ1v) is 24.7. The Hall–Kier alpha value is -4.23. The van der Waals surface area contributed by atoms with Gasteiger partial charge in [0.25, 0.3) is 0 Å². The molecular formula is C53H76N2O10. The van der Waals surface area contributed by atoms with Gasteiger partial charge in [-0.15, -0.1) is 6.58 Å². The summed E-state index contributed by atoms with van der Waals surface area (Å²) in [6, 6.07) is 10.4. The van der Waals surface area contributed by atoms with Gasteiger partial charge in [0.2, 0.25) is 18.0 Å². The van der Waals surface area contributed by atoms with E-state index in [0.29, 0.717) is 60.9 Å². The molecule has 4 aliphatic rings. The Morgan fingerprint density at radius 2 is 1.66 bits per heavy atom. The number of aliphatic hydroxyl groups excluding tert-OH is 2. The van der Waals surface area contributed by atoms with Crippen molar-refractivity contribution >= 4 is 17.9 Å². The molecule has 2 aromatic carbocycles. The van der Waals surface area contributed by atoms with Crippen molar-refractivity contribution in [2.75, 3.05) is 40.6 Å². The number of hydrogen-bond donors (Lipinski definition) is 2. The third kappa shape index (κ3) is 12.6. The minimum Gasteiger partial charge on any atom is -0.496 e. The number of unbranched alkanes of at least 4 members (excludes halogenated alkanes) is 10. The molecule has 2 aliphatic heterocycles. The number of carbonyl (C=O) groups excluding carboxylic acids is 2. The molecule has 1 saturated carbocycles. The molecule has 0 aromatic heterocycles. The van der Waals surface area contributed by atoms with Crippen LogP contribution < -0.4 is 14.2 Å². The van der Waals surface area contributed by atoms with Crippen LogP contribution in [0, 0.1) is 17.8 Å². The molecule has 0 spiro atoms. The Kier molecular flexibility index (Phi) is 19.8. The lowest BCUT2D eigenvalue weighted by Gasteiger charge is -2.59. The summed E-state index contributed by atoms with van der Waals surface area (Å²) in [7, 11) is 3.41. The zero-order valence-corrected chi connectivity index (χ0v) is 39.4. The highest BCUT2D eigenvalue weighted by Gasteiger charge is 2.65. The molecule has 12 nitrogen and oxygen atoms in total. The van der Waals surface area contributed by atoms with Crippen molar-refractivity contribution in [3.8, 4) is 23.0 Å². The Labute approximate surface area is 387 Å². The molecule has 1 saturated heterocycles. The molecule has 0 bridgehead atoms. The minimum absolute atomic E-state index is 0.0314. The molecule has 1 amide bonds. The van der Waals surface area contributed by atoms with Gasteiger partial charge in [-0.3, -0.25) is 9.59 Å². The fourth-order valence-corrected chi connectivity index (χ4v) is 10.6. The Morgan fingerprint density at radius 3 is 2.35 bits per heavy atom. The highest BCUT2D eigenvalue weighted by Crippen LogP contribution is 2.62. The van der Waals surface area contributed by atoms with Gasteiger partial charge in [0.1, 0.15) is 29.0 Å². The van der Waals surface area contributed by atoms with Crippen molar-refractivity contribution in [2.24, 2.45) is 22.9 Å². The van der Waals surface area contributed by atoms with Crippen LogP contribution in [0.25, 0.3) is 0 Å². The van der Waals surface area contributed by atoms with Crippen LogP contribution in [0.2, 0.25) is 0 Å². The average Bonchev–Trinajstić information content (AvgIpc) is 3.33. The number of carbonyl (C=O) groups is 2. The molecule has 6 rings (SSSR count). The Morgan fingerprint density at radius 1 is 0.938 bits per heavy atom. The average molecular weight is 901 g/mol. The zero-order valence-electron chi connectivity index (χ0n) is 39.4. The number of aliphatic hydroxyl groups is 2. The number of amides is 1. The van der Waals surface area contributed by atoms with E-state index in [1.54, 1.807) is 24.3 Å². The third-order valence-electron chi connectivity index (χ3n) is 14.0. The van der Waals surface area contributed by atoms with Crippen molar-refractivity contribution in [3.63, 3.8) is 0 Å². The van der Waals surface area contributed by atoms with Crippen LogP contribution >= 0.6 is 0 Å². The number of likely N-dealkylation sites (N-methyl/N-ethyl adjacent to an activating group) is 1. The monoisotopic (exact) mass is 901 g/mol. The smallest absolute Gasteiger partial charge is 0.239 e. The van der Waals surface area contributed by atoms with Crippen LogP contribution in [0.1, 0.15) is 157 Å². The summed E-state index contributed by atoms with van der Waals surface area (Å²) in [6.07, 6.45) is 23.0. The first-order chi connectivity index (χ1) is 31.8. The van der Waals surface area contributed by atoms with Crippen molar-refractivity contribution in [2.45, 2.75) is 159 Å². The quantitative estimate of drug-likeness (QED) is 0.0366. The summed E-state index contributed by atoms with van der Waals surface area (Å²) < 4.78 is 32.3. The Balaban J connectivity index is 1.44. The molecule has 2 aliphatic carbocycles. The van der Waals surface area contributed by atoms with Crippen molar-refractivity contribution in [3.05, 3.63) is 71.8 Å². The lowest BCUT2D eigenvalue weighted by atomic mass is 9.55. The van der Waals surface area contributed by atoms with Crippen LogP contribution in [0.15, 0.2) is 65.9 Å². The second-order valence-corrected chi connectivity index (χ2v) is 18.4. The summed E-state index contributed by atoms with van der Waals surface area (Å²) >= 11 is 0. The second kappa shape index (κ2) is 25.6. The van der Waals surface area contributed by atoms with E-state index in [0.717, 1.165) is 87.3 Å². The maximum Gasteiger partial charge on any atom is 0.239 e. The van der Waals surface area contributed by atoms with E-state index in [1.807, 2.05) is 30.1 Å². The van der Waals surface area contributed by atoms with Crippen molar-refractivity contribution in [1.29, 1.82) is 0 Å². The fraction of sp³-hybridized carbons (Fsp3) is 0.642. The largest absolute Gasteiger partial charge is 0.496 e. The number of oxime groups is 1. The van der Waals surface area contributed by atoms with E-state index in [-0.39, 0.29) is 43.5 Å². The first kappa shape index (κ1) is 50.2. The molecule has 2 aromatic rings. The van der Waals surface area contributed by atoms with Gasteiger partial charge in [-0.1, -0.05) is 88.4 Å². The molecule has 2 N–H and O–H groups in total. The minimum atomic E-state index is -1.33. The highest BCUT2D eigenvalue weighted by molar-refractivity contribution is 6.03. The summed E-state index contributed by atoms with van der Waals surface area (Å²) in [4.78, 5) is 34.6. The number of allylic oxidation sites excluding steroid dienone is 1. The molecular weight excluding hydrogens is 825 g/mol. The van der Waals surface area contributed by atoms with Crippen LogP contribution in [0.3, 0.4) is 0 Å². The van der Waals surface area contributed by atoms with E-state index >= 15 is 0 Å². The topological polar surface area (TPSA) is 146 Å². The lowest BCUT2D eigenvalue weighted by molar-refractivity contribution is -0.256. The number of benzene rings is 2. The second-order valence-electron chi connectivity index (χ2n) is 18.4. The molecule has 7 unspecified atom stereocenters. The summed E-state index contributed by atoms with van der Waals surface area (Å²) in [5.41, 5.74) is 3.05. The standard InChI is InChI=1S/C53H76N2O10/c1-5-7-8-9-10-11-12-13-14-23-49(59)55(3)48-36-45(54-65-50-24-17-20-32-61-50)43-34-38(21-15-18-29-56)42(22-16-19-30-57)51-44-35-41(63-40-25-27-46(60-4)39(33-40)37-58)26-28-47(44)64-53(48,52(43)51)62-31-6-2/h6,25-28,33-35,37-38,42,48,50-52,56-57H,2,5,7-24,29-32,36H2,1,3-4H3. The molecule has 358 valence electrons. The molecule has 2 heterocycles. The number of rotatable bonds is 28. The van der Waals surface area contributed by atoms with Crippen molar-refractivity contribution in [1.82, 2.24) is 4.90 Å². The predicted octanol–water partition coefficient (Wildman–Crippen LogP) is 10.8. The molecule has 12 heteroatoms. The Bertz CT molecular complexity index is 1890. The van der Waals surface area contributed by atoms with Gasteiger partial charge >= 0.3 is 0 Å². The molecule has 2 fully saturated rings. The number of fused-ring (bicyclic) bond motifs is 2. The van der Waals surface area contributed by atoms with E-state index in [4.69, 9.17) is 33.7 Å². The number of nitrogens with zero attached hydrogens (tertiary/aromatic N) is 2. The van der Waals surface area contributed by atoms with Gasteiger partial charge in [0.05, 0.1) is 37.5 Å². The zero-order chi connectivity index (χ0) is 46.0. The van der Waals surface area contributed by atoms with E-state index in [1.165, 1.54) is 45.6 Å². The molecule has 7 atom stereocenters. The maximum atomic E-state index is 14.5. The van der Waals surface area contributed by atoms with Gasteiger partial charge in [-0.05, 0) is 98.8 Å². The maximum absolute atomic E-state index is 14.5. The number of hydrogen-bond acceptors (Lipinski definition) is 11. The van der Waals surface area contributed by atoms with Gasteiger partial charge in [0.15, 0.2) is 6.29 Å². The SMILES string of the molecule is C=CCOC12Oc3ccc(Oc4ccc(OC)c(C=O)c4)cc3C3C(CCCCO)C(CCCCO)C=C(C(=NOC4CCCCO4)CC1N(C)C(=O)CCCCCCCCCCC)C32. The van der Waals surface area contributed by atoms with E-state index < -0.39 is 24.0 Å². The number of aldehydes is 1. The first-order valence-electron chi connectivity index (χ1n) is 24.7. The molecule has 0 radical (unpaired) electrons. The number of ether oxygens (including phenoxy) is 5. The van der Waals surface area contributed by atoms with Crippen LogP contribution in [-0.4, -0.2) is 91.7 Å². The van der Waals surface area contributed by atoms with Crippen LogP contribution in [0.5, 0.6) is 23.0 Å². The third-order valence-corrected chi connectivity index (χ3v) is 14.0. The normalized spacial score (nSPS) is 25.1. The van der Waals surface area contributed by atoms with Gasteiger partial charge in [-0.2, -0.15) is 0 Å². The predicted molar refractivity (Wildman–Crippen MR) is 253 cm³/mol. The lowest BCUT2D eigenvalue weighted by Crippen LogP contribution is -2.69. The van der Waals surface area contributed by atoms with E-state index in [9.17, 15) is 19.8 Å². The summed E-state index contributed by atoms with van der Waals surface area (Å²) in [5, 5.41) is 24.9.